The maximum Gasteiger partial charge on any atom is 0.233 e. The maximum absolute atomic E-state index is 12.5. The van der Waals surface area contributed by atoms with Crippen molar-refractivity contribution in [3.8, 4) is 0 Å². The van der Waals surface area contributed by atoms with Gasteiger partial charge in [-0.15, -0.1) is 0 Å². The van der Waals surface area contributed by atoms with E-state index in [4.69, 9.17) is 0 Å². The van der Waals surface area contributed by atoms with Crippen LogP contribution in [0.4, 0.5) is 0 Å². The summed E-state index contributed by atoms with van der Waals surface area (Å²) in [5.74, 6) is 0.771. The fourth-order valence-electron chi connectivity index (χ4n) is 4.18. The molecule has 2 aliphatic carbocycles. The van der Waals surface area contributed by atoms with Crippen molar-refractivity contribution in [2.75, 3.05) is 26.2 Å². The van der Waals surface area contributed by atoms with Gasteiger partial charge >= 0.3 is 0 Å². The molecule has 3 rings (SSSR count). The number of hydrogen-bond acceptors (Lipinski definition) is 3. The third kappa shape index (κ3) is 2.01. The highest BCUT2D eigenvalue weighted by atomic mass is 16.2. The molecule has 0 unspecified atom stereocenters. The average molecular weight is 276 g/mol. The largest absolute Gasteiger partial charge is 0.304 e. The molecule has 4 heteroatoms. The van der Waals surface area contributed by atoms with E-state index in [0.29, 0.717) is 18.4 Å². The van der Waals surface area contributed by atoms with E-state index in [9.17, 15) is 9.59 Å². The summed E-state index contributed by atoms with van der Waals surface area (Å²) >= 11 is 0. The number of carbonyl (C=O) groups excluding carboxylic acids is 2. The average Bonchev–Trinajstić information content (AvgIpc) is 3.12. The van der Waals surface area contributed by atoms with Gasteiger partial charge in [-0.05, 0) is 44.3 Å². The van der Waals surface area contributed by atoms with E-state index in [1.54, 1.807) is 4.90 Å². The first-order valence-electron chi connectivity index (χ1n) is 7.93. The van der Waals surface area contributed by atoms with Crippen molar-refractivity contribution in [1.29, 1.82) is 0 Å². The summed E-state index contributed by atoms with van der Waals surface area (Å²) < 4.78 is 0. The Bertz CT molecular complexity index is 412. The molecule has 2 bridgehead atoms. The Morgan fingerprint density at radius 1 is 1.10 bits per heavy atom. The third-order valence-corrected chi connectivity index (χ3v) is 5.31. The number of fused-ring (bicyclic) bond motifs is 5. The molecule has 1 saturated heterocycles. The highest BCUT2D eigenvalue weighted by Crippen LogP contribution is 2.52. The van der Waals surface area contributed by atoms with Gasteiger partial charge in [0.15, 0.2) is 0 Å². The van der Waals surface area contributed by atoms with Crippen molar-refractivity contribution in [3.05, 3.63) is 12.2 Å². The van der Waals surface area contributed by atoms with Crippen LogP contribution < -0.4 is 0 Å². The van der Waals surface area contributed by atoms with Crippen molar-refractivity contribution in [2.45, 2.75) is 26.7 Å². The van der Waals surface area contributed by atoms with Gasteiger partial charge in [0.05, 0.1) is 11.8 Å². The Hall–Kier alpha value is -1.16. The Morgan fingerprint density at radius 2 is 1.65 bits per heavy atom. The van der Waals surface area contributed by atoms with Crippen LogP contribution >= 0.6 is 0 Å². The van der Waals surface area contributed by atoms with E-state index >= 15 is 0 Å². The highest BCUT2D eigenvalue weighted by Gasteiger charge is 2.58. The van der Waals surface area contributed by atoms with Crippen LogP contribution in [0.15, 0.2) is 12.2 Å². The summed E-state index contributed by atoms with van der Waals surface area (Å²) in [6, 6.07) is 0. The van der Waals surface area contributed by atoms with Gasteiger partial charge in [-0.2, -0.15) is 0 Å². The number of imide groups is 1. The normalized spacial score (nSPS) is 34.6. The van der Waals surface area contributed by atoms with Gasteiger partial charge in [0.1, 0.15) is 0 Å². The van der Waals surface area contributed by atoms with E-state index in [1.807, 2.05) is 0 Å². The van der Waals surface area contributed by atoms with Crippen LogP contribution in [0.1, 0.15) is 26.7 Å². The van der Waals surface area contributed by atoms with Crippen molar-refractivity contribution in [1.82, 2.24) is 9.80 Å². The maximum atomic E-state index is 12.5. The molecule has 0 aromatic heterocycles. The molecule has 0 N–H and O–H groups in total. The number of carbonyl (C=O) groups is 2. The van der Waals surface area contributed by atoms with Gasteiger partial charge in [-0.3, -0.25) is 14.5 Å². The summed E-state index contributed by atoms with van der Waals surface area (Å²) in [6.07, 6.45) is 6.20. The minimum Gasteiger partial charge on any atom is -0.304 e. The first kappa shape index (κ1) is 13.8. The van der Waals surface area contributed by atoms with E-state index in [1.165, 1.54) is 0 Å². The van der Waals surface area contributed by atoms with Crippen molar-refractivity contribution in [3.63, 3.8) is 0 Å². The summed E-state index contributed by atoms with van der Waals surface area (Å²) in [7, 11) is 0. The van der Waals surface area contributed by atoms with Crippen LogP contribution in [-0.2, 0) is 9.59 Å². The Morgan fingerprint density at radius 3 is 2.15 bits per heavy atom. The van der Waals surface area contributed by atoms with Crippen LogP contribution in [0.25, 0.3) is 0 Å². The van der Waals surface area contributed by atoms with Crippen LogP contribution in [0, 0.1) is 23.7 Å². The van der Waals surface area contributed by atoms with Crippen molar-refractivity contribution < 1.29 is 9.59 Å². The zero-order valence-electron chi connectivity index (χ0n) is 12.4. The lowest BCUT2D eigenvalue weighted by Crippen LogP contribution is -2.35. The van der Waals surface area contributed by atoms with Crippen LogP contribution in [0.5, 0.6) is 0 Å². The molecule has 0 spiro atoms. The Balaban J connectivity index is 1.59. The first-order valence-corrected chi connectivity index (χ1v) is 7.93. The van der Waals surface area contributed by atoms with Gasteiger partial charge in [0, 0.05) is 6.54 Å². The lowest BCUT2D eigenvalue weighted by molar-refractivity contribution is -0.140. The molecule has 20 heavy (non-hydrogen) atoms. The fraction of sp³-hybridized carbons (Fsp3) is 0.750. The molecule has 4 atom stereocenters. The molecule has 3 aliphatic rings. The second-order valence-corrected chi connectivity index (χ2v) is 6.21. The summed E-state index contributed by atoms with van der Waals surface area (Å²) in [5.41, 5.74) is 0. The molecule has 0 radical (unpaired) electrons. The number of likely N-dealkylation sites (tertiary alicyclic amines) is 1. The van der Waals surface area contributed by atoms with Crippen molar-refractivity contribution >= 4 is 11.8 Å². The van der Waals surface area contributed by atoms with E-state index in [-0.39, 0.29) is 23.7 Å². The minimum atomic E-state index is -0.0362. The Kier molecular flexibility index (Phi) is 3.67. The summed E-state index contributed by atoms with van der Waals surface area (Å²) in [6.45, 7) is 7.90. The van der Waals surface area contributed by atoms with Crippen molar-refractivity contribution in [2.24, 2.45) is 23.7 Å². The minimum absolute atomic E-state index is 0.0362. The third-order valence-electron chi connectivity index (χ3n) is 5.31. The first-order chi connectivity index (χ1) is 9.67. The fourth-order valence-corrected chi connectivity index (χ4v) is 4.18. The number of rotatable bonds is 6. The second kappa shape index (κ2) is 5.32. The van der Waals surface area contributed by atoms with Crippen LogP contribution in [0.2, 0.25) is 0 Å². The van der Waals surface area contributed by atoms with Gasteiger partial charge in [-0.25, -0.2) is 0 Å². The molecule has 0 aromatic carbocycles. The summed E-state index contributed by atoms with van der Waals surface area (Å²) in [5, 5.41) is 0. The highest BCUT2D eigenvalue weighted by molar-refractivity contribution is 6.06. The van der Waals surface area contributed by atoms with Crippen LogP contribution in [-0.4, -0.2) is 47.8 Å². The van der Waals surface area contributed by atoms with E-state index in [0.717, 1.165) is 32.5 Å². The molecule has 1 heterocycles. The quantitative estimate of drug-likeness (QED) is 0.545. The summed E-state index contributed by atoms with van der Waals surface area (Å²) in [4.78, 5) is 28.8. The predicted molar refractivity (Wildman–Crippen MR) is 76.8 cm³/mol. The van der Waals surface area contributed by atoms with Gasteiger partial charge < -0.3 is 4.90 Å². The zero-order chi connectivity index (χ0) is 14.3. The smallest absolute Gasteiger partial charge is 0.233 e. The Labute approximate surface area is 120 Å². The topological polar surface area (TPSA) is 40.6 Å². The lowest BCUT2D eigenvalue weighted by atomic mass is 9.85. The second-order valence-electron chi connectivity index (χ2n) is 6.21. The number of allylic oxidation sites excluding steroid dienone is 2. The standard InChI is InChI=1S/C16H24N2O2/c1-3-17(4-2)8-5-9-18-15(19)13-11-6-7-12(10-11)14(13)16(18)20/h6-7,11-14H,3-5,8-10H2,1-2H3/t11-,12-,13+,14+/m0/s1. The van der Waals surface area contributed by atoms with Gasteiger partial charge in [-0.1, -0.05) is 26.0 Å². The SMILES string of the molecule is CCN(CC)CCCN1C(=O)[C@H]2[C@H](C1=O)[C@H]1C=C[C@H]2C1. The number of nitrogens with zero attached hydrogens (tertiary/aromatic N) is 2. The molecule has 110 valence electrons. The molecule has 0 aromatic rings. The molecular weight excluding hydrogens is 252 g/mol. The molecular formula is C16H24N2O2. The van der Waals surface area contributed by atoms with E-state index < -0.39 is 0 Å². The predicted octanol–water partition coefficient (Wildman–Crippen LogP) is 1.53. The van der Waals surface area contributed by atoms with E-state index in [2.05, 4.69) is 30.9 Å². The van der Waals surface area contributed by atoms with Gasteiger partial charge in [0.25, 0.3) is 0 Å². The number of amides is 2. The zero-order valence-corrected chi connectivity index (χ0v) is 12.4. The number of hydrogen-bond donors (Lipinski definition) is 0. The molecule has 4 nitrogen and oxygen atoms in total. The molecule has 1 saturated carbocycles. The molecule has 2 fully saturated rings. The lowest BCUT2D eigenvalue weighted by Gasteiger charge is -2.21. The van der Waals surface area contributed by atoms with Crippen LogP contribution in [0.3, 0.4) is 0 Å². The monoisotopic (exact) mass is 276 g/mol. The molecule has 1 aliphatic heterocycles. The van der Waals surface area contributed by atoms with Gasteiger partial charge in [0.2, 0.25) is 11.8 Å². The molecule has 2 amide bonds.